The number of benzene rings is 3. The summed E-state index contributed by atoms with van der Waals surface area (Å²) in [4.78, 5) is 15.7. The Labute approximate surface area is 246 Å². The lowest BCUT2D eigenvalue weighted by molar-refractivity contribution is -0.136. The monoisotopic (exact) mass is 601 g/mol. The number of fused-ring (bicyclic) bond motifs is 2. The molecule has 2 aliphatic rings. The van der Waals surface area contributed by atoms with Crippen molar-refractivity contribution in [2.45, 2.75) is 37.5 Å². The van der Waals surface area contributed by atoms with E-state index in [4.69, 9.17) is 27.9 Å². The van der Waals surface area contributed by atoms with E-state index in [1.54, 1.807) is 12.1 Å². The Balaban J connectivity index is 1.28. The van der Waals surface area contributed by atoms with E-state index in [-0.39, 0.29) is 17.9 Å². The van der Waals surface area contributed by atoms with E-state index in [0.717, 1.165) is 22.4 Å². The fourth-order valence-electron chi connectivity index (χ4n) is 5.66. The summed E-state index contributed by atoms with van der Waals surface area (Å²) >= 11 is 12.3. The Morgan fingerprint density at radius 1 is 0.975 bits per heavy atom. The number of sulfonamides is 1. The Hall–Kier alpha value is -2.62. The third-order valence-electron chi connectivity index (χ3n) is 7.85. The maximum atomic E-state index is 13.8. The van der Waals surface area contributed by atoms with Crippen LogP contribution in [0, 0.1) is 0 Å². The highest BCUT2D eigenvalue weighted by Gasteiger charge is 2.47. The highest BCUT2D eigenvalue weighted by Crippen LogP contribution is 2.47. The minimum Gasteiger partial charge on any atom is -0.375 e. The van der Waals surface area contributed by atoms with Gasteiger partial charge in [0.2, 0.25) is 15.9 Å². The smallest absolute Gasteiger partial charge is 0.242 e. The van der Waals surface area contributed by atoms with Crippen molar-refractivity contribution in [3.8, 4) is 0 Å². The van der Waals surface area contributed by atoms with Gasteiger partial charge >= 0.3 is 0 Å². The van der Waals surface area contributed by atoms with Gasteiger partial charge in [0, 0.05) is 31.6 Å². The summed E-state index contributed by atoms with van der Waals surface area (Å²) < 4.78 is 32.6. The summed E-state index contributed by atoms with van der Waals surface area (Å²) in [5, 5.41) is 4.31. The molecule has 1 spiro atoms. The predicted octanol–water partition coefficient (Wildman–Crippen LogP) is 5.01. The summed E-state index contributed by atoms with van der Waals surface area (Å²) in [5.41, 5.74) is 3.45. The molecule has 0 bridgehead atoms. The van der Waals surface area contributed by atoms with Gasteiger partial charge < -0.3 is 9.64 Å². The van der Waals surface area contributed by atoms with Crippen LogP contribution in [0.4, 0.5) is 5.69 Å². The summed E-state index contributed by atoms with van der Waals surface area (Å²) in [6, 6.07) is 22.4. The Morgan fingerprint density at radius 3 is 2.38 bits per heavy atom. The van der Waals surface area contributed by atoms with Crippen LogP contribution in [0.3, 0.4) is 0 Å². The number of halogens is 2. The van der Waals surface area contributed by atoms with Crippen LogP contribution in [0.2, 0.25) is 10.0 Å². The van der Waals surface area contributed by atoms with Crippen molar-refractivity contribution in [2.75, 3.05) is 36.8 Å². The zero-order chi connectivity index (χ0) is 28.3. The molecule has 7 nitrogen and oxygen atoms in total. The molecule has 1 N–H and O–H groups in total. The van der Waals surface area contributed by atoms with Crippen LogP contribution in [0.15, 0.2) is 72.8 Å². The summed E-state index contributed by atoms with van der Waals surface area (Å²) in [5.74, 6) is -0.0331. The van der Waals surface area contributed by atoms with Crippen molar-refractivity contribution in [1.29, 1.82) is 0 Å². The van der Waals surface area contributed by atoms with Crippen molar-refractivity contribution in [2.24, 2.45) is 0 Å². The van der Waals surface area contributed by atoms with Crippen LogP contribution in [0.1, 0.15) is 29.5 Å². The number of nitrogens with zero attached hydrogens (tertiary/aromatic N) is 2. The number of amides is 1. The number of carbonyl (C=O) groups excluding carboxylic acids is 1. The molecule has 10 heteroatoms. The molecule has 2 aliphatic heterocycles. The molecule has 0 saturated carbocycles. The van der Waals surface area contributed by atoms with Crippen molar-refractivity contribution >= 4 is 44.8 Å². The van der Waals surface area contributed by atoms with Gasteiger partial charge in [0.1, 0.15) is 6.04 Å². The standard InChI is InChI=1S/C30H33Cl2N3O4S/c1-40(37,38)35-21-30(24-9-5-6-10-28(24)35)13-15-34(16-14-30)29(36)27(20-39-19-22-7-3-2-4-8-22)33-18-23-11-12-25(31)26(32)17-23/h2-12,17,27,33H,13-16,18-21H2,1H3. The van der Waals surface area contributed by atoms with Gasteiger partial charge in [-0.1, -0.05) is 77.8 Å². The molecular weight excluding hydrogens is 569 g/mol. The molecule has 0 radical (unpaired) electrons. The second kappa shape index (κ2) is 12.1. The van der Waals surface area contributed by atoms with Gasteiger partial charge in [-0.25, -0.2) is 8.42 Å². The largest absolute Gasteiger partial charge is 0.375 e. The number of rotatable bonds is 9. The molecule has 1 fully saturated rings. The molecule has 0 aromatic heterocycles. The maximum Gasteiger partial charge on any atom is 0.242 e. The fraction of sp³-hybridized carbons (Fsp3) is 0.367. The van der Waals surface area contributed by atoms with Crippen LogP contribution in [-0.2, 0) is 38.1 Å². The van der Waals surface area contributed by atoms with E-state index in [2.05, 4.69) is 5.32 Å². The third-order valence-corrected chi connectivity index (χ3v) is 9.72. The molecule has 212 valence electrons. The highest BCUT2D eigenvalue weighted by molar-refractivity contribution is 7.92. The van der Waals surface area contributed by atoms with Crippen molar-refractivity contribution < 1.29 is 17.9 Å². The Bertz CT molecular complexity index is 1460. The minimum atomic E-state index is -3.40. The molecule has 1 atom stereocenters. The minimum absolute atomic E-state index is 0.0331. The molecule has 40 heavy (non-hydrogen) atoms. The van der Waals surface area contributed by atoms with Gasteiger partial charge in [-0.05, 0) is 47.7 Å². The first-order valence-electron chi connectivity index (χ1n) is 13.3. The highest BCUT2D eigenvalue weighted by atomic mass is 35.5. The number of hydrogen-bond acceptors (Lipinski definition) is 5. The number of ether oxygens (including phenoxy) is 1. The van der Waals surface area contributed by atoms with Crippen molar-refractivity contribution in [3.05, 3.63) is 99.5 Å². The van der Waals surface area contributed by atoms with Crippen LogP contribution in [0.5, 0.6) is 0 Å². The summed E-state index contributed by atoms with van der Waals surface area (Å²) in [6.45, 7) is 2.52. The molecule has 1 unspecified atom stereocenters. The van der Waals surface area contributed by atoms with Gasteiger partial charge in [-0.3, -0.25) is 14.4 Å². The number of carbonyl (C=O) groups is 1. The van der Waals surface area contributed by atoms with Crippen molar-refractivity contribution in [1.82, 2.24) is 10.2 Å². The number of piperidine rings is 1. The molecule has 1 saturated heterocycles. The number of likely N-dealkylation sites (tertiary alicyclic amines) is 1. The van der Waals surface area contributed by atoms with Crippen LogP contribution in [-0.4, -0.2) is 57.8 Å². The zero-order valence-corrected chi connectivity index (χ0v) is 24.7. The fourth-order valence-corrected chi connectivity index (χ4v) is 6.98. The molecule has 1 amide bonds. The van der Waals surface area contributed by atoms with Crippen molar-refractivity contribution in [3.63, 3.8) is 0 Å². The van der Waals surface area contributed by atoms with Crippen LogP contribution in [0.25, 0.3) is 0 Å². The zero-order valence-electron chi connectivity index (χ0n) is 22.4. The number of para-hydroxylation sites is 1. The number of anilines is 1. The number of nitrogens with one attached hydrogen (secondary N) is 1. The quantitative estimate of drug-likeness (QED) is 0.373. The van der Waals surface area contributed by atoms with Gasteiger partial charge in [0.05, 0.1) is 35.2 Å². The molecule has 0 aliphatic carbocycles. The first kappa shape index (κ1) is 28.9. The Kier molecular flexibility index (Phi) is 8.73. The Morgan fingerprint density at radius 2 is 1.68 bits per heavy atom. The topological polar surface area (TPSA) is 79.0 Å². The maximum absolute atomic E-state index is 13.8. The first-order chi connectivity index (χ1) is 19.2. The van der Waals surface area contributed by atoms with E-state index in [9.17, 15) is 13.2 Å². The van der Waals surface area contributed by atoms with Gasteiger partial charge in [0.25, 0.3) is 0 Å². The second-order valence-corrected chi connectivity index (χ2v) is 13.3. The lowest BCUT2D eigenvalue weighted by atomic mass is 9.74. The average Bonchev–Trinajstić information content (AvgIpc) is 3.27. The normalized spacial score (nSPS) is 17.2. The van der Waals surface area contributed by atoms with E-state index in [1.807, 2.05) is 65.6 Å². The van der Waals surface area contributed by atoms with Gasteiger partial charge in [-0.2, -0.15) is 0 Å². The van der Waals surface area contributed by atoms with Gasteiger partial charge in [-0.15, -0.1) is 0 Å². The molecule has 5 rings (SSSR count). The van der Waals surface area contributed by atoms with Gasteiger partial charge in [0.15, 0.2) is 0 Å². The molecule has 2 heterocycles. The average molecular weight is 603 g/mol. The SMILES string of the molecule is CS(=O)(=O)N1CC2(CCN(C(=O)C(COCc3ccccc3)NCc3ccc(Cl)c(Cl)c3)CC2)c2ccccc21. The van der Waals surface area contributed by atoms with E-state index < -0.39 is 16.1 Å². The predicted molar refractivity (Wildman–Crippen MR) is 159 cm³/mol. The lowest BCUT2D eigenvalue weighted by Gasteiger charge is -2.41. The van der Waals surface area contributed by atoms with Crippen LogP contribution < -0.4 is 9.62 Å². The molecule has 3 aromatic rings. The summed E-state index contributed by atoms with van der Waals surface area (Å²) in [7, 11) is -3.40. The summed E-state index contributed by atoms with van der Waals surface area (Å²) in [6.07, 6.45) is 2.62. The van der Waals surface area contributed by atoms with E-state index in [1.165, 1.54) is 10.6 Å². The van der Waals surface area contributed by atoms with Crippen LogP contribution >= 0.6 is 23.2 Å². The third kappa shape index (κ3) is 6.31. The molecular formula is C30H33Cl2N3O4S. The lowest BCUT2D eigenvalue weighted by Crippen LogP contribution is -2.54. The van der Waals surface area contributed by atoms with E-state index in [0.29, 0.717) is 55.7 Å². The first-order valence-corrected chi connectivity index (χ1v) is 15.9. The number of hydrogen-bond donors (Lipinski definition) is 1. The molecule has 3 aromatic carbocycles. The second-order valence-electron chi connectivity index (χ2n) is 10.6. The van der Waals surface area contributed by atoms with E-state index >= 15 is 0 Å².